The van der Waals surface area contributed by atoms with E-state index in [2.05, 4.69) is 31.7 Å². The maximum atomic E-state index is 13.6. The number of amides is 1. The van der Waals surface area contributed by atoms with Crippen LogP contribution in [0.25, 0.3) is 0 Å². The lowest BCUT2D eigenvalue weighted by Gasteiger charge is -2.37. The molecule has 0 bridgehead atoms. The smallest absolute Gasteiger partial charge is 0.226 e. The fraction of sp³-hybridized carbons (Fsp3) is 0.923. The minimum Gasteiger partial charge on any atom is -0.326 e. The van der Waals surface area contributed by atoms with Gasteiger partial charge in [0.1, 0.15) is 0 Å². The summed E-state index contributed by atoms with van der Waals surface area (Å²) >= 11 is 0. The van der Waals surface area contributed by atoms with Crippen LogP contribution in [0, 0.1) is 17.2 Å². The third-order valence-corrected chi connectivity index (χ3v) is 6.23. The van der Waals surface area contributed by atoms with Gasteiger partial charge in [-0.25, -0.2) is 0 Å². The molecule has 0 aliphatic rings. The Labute approximate surface area is 188 Å². The lowest BCUT2D eigenvalue weighted by atomic mass is 9.92. The van der Waals surface area contributed by atoms with Crippen LogP contribution in [0.2, 0.25) is 0 Å². The highest BCUT2D eigenvalue weighted by atomic mass is 16.2. The summed E-state index contributed by atoms with van der Waals surface area (Å²) in [5.41, 5.74) is 0. The van der Waals surface area contributed by atoms with Crippen LogP contribution in [0.5, 0.6) is 0 Å². The molecule has 0 radical (unpaired) electrons. The molecule has 176 valence electrons. The highest BCUT2D eigenvalue weighted by Crippen LogP contribution is 2.24. The van der Waals surface area contributed by atoms with Gasteiger partial charge < -0.3 is 4.90 Å². The van der Waals surface area contributed by atoms with E-state index in [1.807, 2.05) is 19.0 Å². The maximum absolute atomic E-state index is 13.6. The molecule has 30 heavy (non-hydrogen) atoms. The number of nitrogens with zero attached hydrogens (tertiary/aromatic N) is 3. The molecule has 0 spiro atoms. The fourth-order valence-electron chi connectivity index (χ4n) is 4.41. The number of hydrogen-bond donors (Lipinski definition) is 0. The average Bonchev–Trinajstić information content (AvgIpc) is 2.73. The van der Waals surface area contributed by atoms with Gasteiger partial charge in [0.15, 0.2) is 0 Å². The molecular weight excluding hydrogens is 370 g/mol. The van der Waals surface area contributed by atoms with Gasteiger partial charge in [-0.15, -0.1) is 0 Å². The van der Waals surface area contributed by atoms with Crippen molar-refractivity contribution < 1.29 is 4.79 Å². The minimum atomic E-state index is 0.0856. The van der Waals surface area contributed by atoms with Crippen LogP contribution in [-0.2, 0) is 4.79 Å². The Bertz CT molecular complexity index is 428. The van der Waals surface area contributed by atoms with Crippen LogP contribution in [0.15, 0.2) is 0 Å². The predicted molar refractivity (Wildman–Crippen MR) is 129 cm³/mol. The molecule has 1 amide bonds. The molecular formula is C26H51N3O. The monoisotopic (exact) mass is 421 g/mol. The third-order valence-electron chi connectivity index (χ3n) is 6.23. The molecule has 0 aromatic rings. The second-order valence-electron chi connectivity index (χ2n) is 9.10. The molecule has 0 rings (SSSR count). The minimum absolute atomic E-state index is 0.0856. The summed E-state index contributed by atoms with van der Waals surface area (Å²) in [6.45, 7) is 7.18. The van der Waals surface area contributed by atoms with E-state index in [1.54, 1.807) is 0 Å². The van der Waals surface area contributed by atoms with Gasteiger partial charge in [0, 0.05) is 12.5 Å². The Morgan fingerprint density at radius 1 is 0.800 bits per heavy atom. The first-order valence-corrected chi connectivity index (χ1v) is 12.9. The van der Waals surface area contributed by atoms with Gasteiger partial charge in [-0.05, 0) is 33.4 Å². The van der Waals surface area contributed by atoms with Gasteiger partial charge in [-0.2, -0.15) is 5.26 Å². The average molecular weight is 422 g/mol. The SMILES string of the molecule is CCCCCCCCC(CCCCCCCC)C(=O)N(CCC#N)C(CC)N(C)C. The van der Waals surface area contributed by atoms with E-state index in [9.17, 15) is 4.79 Å². The Hall–Kier alpha value is -1.08. The summed E-state index contributed by atoms with van der Waals surface area (Å²) < 4.78 is 0. The standard InChI is InChI=1S/C26H51N3O/c1-6-9-11-13-15-17-20-24(21-18-16-14-12-10-7-2)26(30)29(23-19-22-27)25(8-3)28(4)5/h24-25H,6-21,23H2,1-5H3. The second-order valence-corrected chi connectivity index (χ2v) is 9.10. The molecule has 4 heteroatoms. The second kappa shape index (κ2) is 19.9. The van der Waals surface area contributed by atoms with Gasteiger partial charge in [-0.1, -0.05) is 97.8 Å². The van der Waals surface area contributed by atoms with Crippen LogP contribution in [0.4, 0.5) is 0 Å². The zero-order chi connectivity index (χ0) is 22.6. The molecule has 4 nitrogen and oxygen atoms in total. The summed E-state index contributed by atoms with van der Waals surface area (Å²) in [7, 11) is 4.08. The van der Waals surface area contributed by atoms with Crippen molar-refractivity contribution in [3.63, 3.8) is 0 Å². The highest BCUT2D eigenvalue weighted by molar-refractivity contribution is 5.79. The Morgan fingerprint density at radius 3 is 1.67 bits per heavy atom. The molecule has 0 N–H and O–H groups in total. The van der Waals surface area contributed by atoms with Crippen LogP contribution < -0.4 is 0 Å². The first-order chi connectivity index (χ1) is 14.5. The summed E-state index contributed by atoms with van der Waals surface area (Å²) in [4.78, 5) is 17.7. The van der Waals surface area contributed by atoms with E-state index in [0.29, 0.717) is 13.0 Å². The van der Waals surface area contributed by atoms with Crippen molar-refractivity contribution in [2.45, 2.75) is 130 Å². The van der Waals surface area contributed by atoms with Crippen LogP contribution >= 0.6 is 0 Å². The number of unbranched alkanes of at least 4 members (excludes halogenated alkanes) is 10. The van der Waals surface area contributed by atoms with Crippen molar-refractivity contribution in [3.8, 4) is 6.07 Å². The van der Waals surface area contributed by atoms with Gasteiger partial charge in [0.2, 0.25) is 5.91 Å². The highest BCUT2D eigenvalue weighted by Gasteiger charge is 2.29. The van der Waals surface area contributed by atoms with Crippen molar-refractivity contribution in [2.24, 2.45) is 5.92 Å². The van der Waals surface area contributed by atoms with Crippen molar-refractivity contribution in [2.75, 3.05) is 20.6 Å². The Morgan fingerprint density at radius 2 is 1.27 bits per heavy atom. The normalized spacial score (nSPS) is 12.3. The molecule has 0 saturated heterocycles. The molecule has 0 saturated carbocycles. The van der Waals surface area contributed by atoms with Gasteiger partial charge in [0.25, 0.3) is 0 Å². The first-order valence-electron chi connectivity index (χ1n) is 12.9. The topological polar surface area (TPSA) is 47.3 Å². The lowest BCUT2D eigenvalue weighted by molar-refractivity contribution is -0.142. The predicted octanol–water partition coefficient (Wildman–Crippen LogP) is 7.14. The first kappa shape index (κ1) is 28.9. The summed E-state index contributed by atoms with van der Waals surface area (Å²) in [5.74, 6) is 0.406. The van der Waals surface area contributed by atoms with E-state index >= 15 is 0 Å². The lowest BCUT2D eigenvalue weighted by Crippen LogP contribution is -2.50. The molecule has 0 aliphatic heterocycles. The number of carbonyl (C=O) groups excluding carboxylic acids is 1. The van der Waals surface area contributed by atoms with Crippen LogP contribution in [-0.4, -0.2) is 42.5 Å². The summed E-state index contributed by atoms with van der Waals surface area (Å²) in [6.07, 6.45) is 18.6. The van der Waals surface area contributed by atoms with Crippen LogP contribution in [0.1, 0.15) is 124 Å². The quantitative estimate of drug-likeness (QED) is 0.155. The number of hydrogen-bond acceptors (Lipinski definition) is 3. The van der Waals surface area contributed by atoms with E-state index < -0.39 is 0 Å². The maximum Gasteiger partial charge on any atom is 0.226 e. The van der Waals surface area contributed by atoms with E-state index in [-0.39, 0.29) is 18.0 Å². The number of rotatable bonds is 20. The van der Waals surface area contributed by atoms with Gasteiger partial charge in [0.05, 0.1) is 18.7 Å². The largest absolute Gasteiger partial charge is 0.326 e. The van der Waals surface area contributed by atoms with Crippen LogP contribution in [0.3, 0.4) is 0 Å². The molecule has 1 atom stereocenters. The van der Waals surface area contributed by atoms with Gasteiger partial charge >= 0.3 is 0 Å². The van der Waals surface area contributed by atoms with E-state index in [4.69, 9.17) is 5.26 Å². The molecule has 0 fully saturated rings. The zero-order valence-electron chi connectivity index (χ0n) is 20.9. The Balaban J connectivity index is 4.95. The number of nitriles is 1. The molecule has 0 heterocycles. The summed E-state index contributed by atoms with van der Waals surface area (Å²) in [5, 5.41) is 9.12. The van der Waals surface area contributed by atoms with E-state index in [1.165, 1.54) is 64.2 Å². The van der Waals surface area contributed by atoms with Crippen molar-refractivity contribution in [1.29, 1.82) is 5.26 Å². The molecule has 0 aromatic carbocycles. The van der Waals surface area contributed by atoms with Crippen molar-refractivity contribution in [3.05, 3.63) is 0 Å². The zero-order valence-corrected chi connectivity index (χ0v) is 20.9. The molecule has 0 aliphatic carbocycles. The third kappa shape index (κ3) is 13.3. The van der Waals surface area contributed by atoms with Gasteiger partial charge in [-0.3, -0.25) is 9.69 Å². The van der Waals surface area contributed by atoms with Crippen molar-refractivity contribution >= 4 is 5.91 Å². The molecule has 1 unspecified atom stereocenters. The number of carbonyl (C=O) groups is 1. The Kier molecular flexibility index (Phi) is 19.1. The summed E-state index contributed by atoms with van der Waals surface area (Å²) in [6, 6.07) is 2.24. The molecule has 0 aromatic heterocycles. The van der Waals surface area contributed by atoms with Crippen molar-refractivity contribution in [1.82, 2.24) is 9.80 Å². The fourth-order valence-corrected chi connectivity index (χ4v) is 4.41. The van der Waals surface area contributed by atoms with E-state index in [0.717, 1.165) is 32.1 Å².